The number of pyridine rings is 1. The monoisotopic (exact) mass is 345 g/mol. The lowest BCUT2D eigenvalue weighted by atomic mass is 10.1. The third-order valence-electron chi connectivity index (χ3n) is 4.03. The lowest BCUT2D eigenvalue weighted by molar-refractivity contribution is 0.0940. The molecule has 1 aromatic carbocycles. The predicted molar refractivity (Wildman–Crippen MR) is 89.3 cm³/mol. The van der Waals surface area contributed by atoms with E-state index in [0.29, 0.717) is 16.1 Å². The van der Waals surface area contributed by atoms with Gasteiger partial charge in [-0.25, -0.2) is 13.8 Å². The summed E-state index contributed by atoms with van der Waals surface area (Å²) in [5.74, 6) is -2.12. The van der Waals surface area contributed by atoms with Crippen LogP contribution in [0.4, 0.5) is 14.5 Å². The average Bonchev–Trinajstić information content (AvgIpc) is 2.89. The molecule has 1 unspecified atom stereocenters. The SMILES string of the molecule is Cc1cc(C)c2c3c(sc2n1)C(=O)NC(c1ccc(F)c(F)c1)N3. The second-order valence-electron chi connectivity index (χ2n) is 5.79. The standard InChI is InChI=1S/C17H13F2N3OS/c1-7-5-8(2)20-17-12(7)13-14(24-17)16(23)22-15(21-13)9-3-4-10(18)11(19)6-9/h3-6,15,21H,1-2H3,(H,22,23). The zero-order valence-electron chi connectivity index (χ0n) is 12.9. The van der Waals surface area contributed by atoms with Crippen molar-refractivity contribution in [3.63, 3.8) is 0 Å². The molecule has 4 nitrogen and oxygen atoms in total. The van der Waals surface area contributed by atoms with E-state index < -0.39 is 17.8 Å². The number of anilines is 1. The smallest absolute Gasteiger partial charge is 0.265 e. The molecule has 2 aromatic heterocycles. The van der Waals surface area contributed by atoms with E-state index in [4.69, 9.17) is 0 Å². The number of hydrogen-bond donors (Lipinski definition) is 2. The summed E-state index contributed by atoms with van der Waals surface area (Å²) < 4.78 is 26.6. The van der Waals surface area contributed by atoms with Gasteiger partial charge >= 0.3 is 0 Å². The van der Waals surface area contributed by atoms with E-state index in [2.05, 4.69) is 15.6 Å². The minimum atomic E-state index is -0.946. The fourth-order valence-electron chi connectivity index (χ4n) is 2.97. The third-order valence-corrected chi connectivity index (χ3v) is 5.12. The fourth-order valence-corrected chi connectivity index (χ4v) is 4.14. The van der Waals surface area contributed by atoms with Crippen molar-refractivity contribution in [1.29, 1.82) is 0 Å². The molecule has 1 amide bonds. The highest BCUT2D eigenvalue weighted by atomic mass is 32.1. The largest absolute Gasteiger partial charge is 0.360 e. The topological polar surface area (TPSA) is 54.0 Å². The van der Waals surface area contributed by atoms with Gasteiger partial charge < -0.3 is 10.6 Å². The normalized spacial score (nSPS) is 16.7. The summed E-state index contributed by atoms with van der Waals surface area (Å²) in [5, 5.41) is 6.89. The molecule has 122 valence electrons. The van der Waals surface area contributed by atoms with Crippen LogP contribution in [-0.2, 0) is 0 Å². The Bertz CT molecular complexity index is 999. The van der Waals surface area contributed by atoms with E-state index in [1.165, 1.54) is 17.4 Å². The van der Waals surface area contributed by atoms with Crippen LogP contribution in [0, 0.1) is 25.5 Å². The summed E-state index contributed by atoms with van der Waals surface area (Å²) in [6.07, 6.45) is -0.626. The Morgan fingerprint density at radius 2 is 1.92 bits per heavy atom. The number of fused-ring (bicyclic) bond motifs is 3. The third kappa shape index (κ3) is 2.24. The van der Waals surface area contributed by atoms with E-state index in [9.17, 15) is 13.6 Å². The second kappa shape index (κ2) is 5.24. The molecule has 0 aliphatic carbocycles. The minimum Gasteiger partial charge on any atom is -0.360 e. The van der Waals surface area contributed by atoms with Gasteiger partial charge in [0.1, 0.15) is 15.9 Å². The quantitative estimate of drug-likeness (QED) is 0.700. The number of aromatic nitrogens is 1. The molecule has 0 saturated heterocycles. The molecule has 0 spiro atoms. The molecule has 4 rings (SSSR count). The van der Waals surface area contributed by atoms with Crippen molar-refractivity contribution in [2.75, 3.05) is 5.32 Å². The molecule has 0 fully saturated rings. The number of halogens is 2. The maximum atomic E-state index is 13.5. The first-order valence-corrected chi connectivity index (χ1v) is 8.19. The molecule has 7 heteroatoms. The first-order chi connectivity index (χ1) is 11.4. The lowest BCUT2D eigenvalue weighted by Crippen LogP contribution is -2.37. The van der Waals surface area contributed by atoms with E-state index in [1.807, 2.05) is 19.9 Å². The number of thiophene rings is 1. The van der Waals surface area contributed by atoms with Crippen LogP contribution in [0.2, 0.25) is 0 Å². The Balaban J connectivity index is 1.84. The van der Waals surface area contributed by atoms with Gasteiger partial charge in [0.05, 0.1) is 5.69 Å². The Labute approximate surface area is 140 Å². The highest BCUT2D eigenvalue weighted by Crippen LogP contribution is 2.40. The second-order valence-corrected chi connectivity index (χ2v) is 6.79. The minimum absolute atomic E-state index is 0.251. The molecule has 2 N–H and O–H groups in total. The summed E-state index contributed by atoms with van der Waals surface area (Å²) >= 11 is 1.32. The number of rotatable bonds is 1. The number of nitrogens with one attached hydrogen (secondary N) is 2. The van der Waals surface area contributed by atoms with Crippen molar-refractivity contribution in [3.05, 3.63) is 57.6 Å². The van der Waals surface area contributed by atoms with Gasteiger partial charge in [-0.05, 0) is 43.2 Å². The Kier molecular flexibility index (Phi) is 3.28. The molecule has 1 aliphatic rings. The molecule has 0 bridgehead atoms. The van der Waals surface area contributed by atoms with Gasteiger partial charge in [0.2, 0.25) is 0 Å². The number of carbonyl (C=O) groups excluding carboxylic acids is 1. The summed E-state index contributed by atoms with van der Waals surface area (Å²) in [4.78, 5) is 18.3. The molecule has 3 aromatic rings. The molecular weight excluding hydrogens is 332 g/mol. The molecule has 0 radical (unpaired) electrons. The number of carbonyl (C=O) groups is 1. The van der Waals surface area contributed by atoms with Gasteiger partial charge in [-0.2, -0.15) is 0 Å². The molecule has 1 atom stereocenters. The average molecular weight is 345 g/mol. The summed E-state index contributed by atoms with van der Waals surface area (Å²) in [6.45, 7) is 3.87. The maximum Gasteiger partial charge on any atom is 0.265 e. The summed E-state index contributed by atoms with van der Waals surface area (Å²) in [6, 6.07) is 5.54. The highest BCUT2D eigenvalue weighted by molar-refractivity contribution is 7.21. The number of aryl methyl sites for hydroxylation is 2. The Hall–Kier alpha value is -2.54. The number of nitrogens with zero attached hydrogens (tertiary/aromatic N) is 1. The maximum absolute atomic E-state index is 13.5. The molecule has 1 aliphatic heterocycles. The van der Waals surface area contributed by atoms with Crippen LogP contribution >= 0.6 is 11.3 Å². The molecule has 24 heavy (non-hydrogen) atoms. The molecule has 0 saturated carbocycles. The van der Waals surface area contributed by atoms with E-state index in [1.54, 1.807) is 0 Å². The predicted octanol–water partition coefficient (Wildman–Crippen LogP) is 4.05. The van der Waals surface area contributed by atoms with Gasteiger partial charge in [-0.15, -0.1) is 11.3 Å². The van der Waals surface area contributed by atoms with Crippen LogP contribution in [0.3, 0.4) is 0 Å². The fraction of sp³-hybridized carbons (Fsp3) is 0.176. The number of amides is 1. The number of hydrogen-bond acceptors (Lipinski definition) is 4. The van der Waals surface area contributed by atoms with Crippen molar-refractivity contribution in [3.8, 4) is 0 Å². The zero-order valence-corrected chi connectivity index (χ0v) is 13.7. The van der Waals surface area contributed by atoms with Gasteiger partial charge in [0, 0.05) is 11.1 Å². The van der Waals surface area contributed by atoms with Crippen molar-refractivity contribution in [1.82, 2.24) is 10.3 Å². The Morgan fingerprint density at radius 1 is 1.12 bits per heavy atom. The van der Waals surface area contributed by atoms with E-state index in [-0.39, 0.29) is 5.91 Å². The van der Waals surface area contributed by atoms with E-state index >= 15 is 0 Å². The zero-order chi connectivity index (χ0) is 17.0. The lowest BCUT2D eigenvalue weighted by Gasteiger charge is -2.26. The van der Waals surface area contributed by atoms with Crippen molar-refractivity contribution >= 4 is 33.1 Å². The summed E-state index contributed by atoms with van der Waals surface area (Å²) in [5.41, 5.74) is 3.04. The van der Waals surface area contributed by atoms with Crippen LogP contribution < -0.4 is 10.6 Å². The van der Waals surface area contributed by atoms with Crippen LogP contribution in [0.5, 0.6) is 0 Å². The van der Waals surface area contributed by atoms with E-state index in [0.717, 1.165) is 33.6 Å². The van der Waals surface area contributed by atoms with Crippen LogP contribution in [0.15, 0.2) is 24.3 Å². The van der Waals surface area contributed by atoms with Gasteiger partial charge in [0.15, 0.2) is 11.6 Å². The van der Waals surface area contributed by atoms with Gasteiger partial charge in [-0.1, -0.05) is 6.07 Å². The first-order valence-electron chi connectivity index (χ1n) is 7.37. The van der Waals surface area contributed by atoms with Crippen molar-refractivity contribution < 1.29 is 13.6 Å². The number of benzene rings is 1. The Morgan fingerprint density at radius 3 is 2.67 bits per heavy atom. The van der Waals surface area contributed by atoms with Crippen molar-refractivity contribution in [2.45, 2.75) is 20.0 Å². The molecule has 3 heterocycles. The van der Waals surface area contributed by atoms with Gasteiger partial charge in [-0.3, -0.25) is 4.79 Å². The highest BCUT2D eigenvalue weighted by Gasteiger charge is 2.30. The van der Waals surface area contributed by atoms with Crippen molar-refractivity contribution in [2.24, 2.45) is 0 Å². The van der Waals surface area contributed by atoms with Crippen LogP contribution in [-0.4, -0.2) is 10.9 Å². The summed E-state index contributed by atoms with van der Waals surface area (Å²) in [7, 11) is 0. The van der Waals surface area contributed by atoms with Crippen LogP contribution in [0.1, 0.15) is 32.7 Å². The first kappa shape index (κ1) is 15.0. The molecular formula is C17H13F2N3OS. The van der Waals surface area contributed by atoms with Gasteiger partial charge in [0.25, 0.3) is 5.91 Å². The van der Waals surface area contributed by atoms with Crippen LogP contribution in [0.25, 0.3) is 10.2 Å².